The molecule has 202 valence electrons. The molecule has 9 heteroatoms. The standard InChI is InChI=1S/C29H35N3O5S/c1-18-10-8-11-21(19(18)2)32(25(33)17-30-27(34)24-12-9-15-38-24)26(28(35)31-29(3,4)5)20-13-14-22(36-6)23(16-20)37-7/h8-16,26H,17H2,1-7H3,(H,30,34)(H,31,35)/t26-/m0/s1. The maximum atomic E-state index is 13.9. The van der Waals surface area contributed by atoms with Crippen molar-refractivity contribution in [1.82, 2.24) is 10.6 Å². The SMILES string of the molecule is COc1ccc([C@@H](C(=O)NC(C)(C)C)N(C(=O)CNC(=O)c2cccs2)c2cccc(C)c2C)cc1OC. The number of methoxy groups -OCH3 is 2. The number of benzene rings is 2. The van der Waals surface area contributed by atoms with E-state index in [0.29, 0.717) is 27.6 Å². The van der Waals surface area contributed by atoms with Crippen molar-refractivity contribution >= 4 is 34.7 Å². The number of amides is 3. The zero-order chi connectivity index (χ0) is 28.0. The molecule has 0 bridgehead atoms. The minimum atomic E-state index is -1.05. The average molecular weight is 538 g/mol. The summed E-state index contributed by atoms with van der Waals surface area (Å²) < 4.78 is 10.9. The lowest BCUT2D eigenvalue weighted by Gasteiger charge is -2.35. The Morgan fingerprint density at radius 2 is 1.68 bits per heavy atom. The first-order chi connectivity index (χ1) is 18.0. The van der Waals surface area contributed by atoms with E-state index in [0.717, 1.165) is 11.1 Å². The highest BCUT2D eigenvalue weighted by atomic mass is 32.1. The van der Waals surface area contributed by atoms with Crippen LogP contribution in [0.25, 0.3) is 0 Å². The molecule has 8 nitrogen and oxygen atoms in total. The van der Waals surface area contributed by atoms with Gasteiger partial charge in [0, 0.05) is 11.2 Å². The molecule has 0 radical (unpaired) electrons. The summed E-state index contributed by atoms with van der Waals surface area (Å²) in [6.45, 7) is 9.19. The van der Waals surface area contributed by atoms with E-state index in [1.54, 1.807) is 41.8 Å². The fourth-order valence-electron chi connectivity index (χ4n) is 4.03. The van der Waals surface area contributed by atoms with Gasteiger partial charge in [0.1, 0.15) is 6.04 Å². The van der Waals surface area contributed by atoms with Crippen LogP contribution in [0.3, 0.4) is 0 Å². The molecule has 1 atom stereocenters. The first-order valence-electron chi connectivity index (χ1n) is 12.2. The summed E-state index contributed by atoms with van der Waals surface area (Å²) in [5.74, 6) is -0.232. The number of thiophene rings is 1. The third kappa shape index (κ3) is 6.72. The van der Waals surface area contributed by atoms with E-state index in [2.05, 4.69) is 10.6 Å². The Morgan fingerprint density at radius 1 is 0.974 bits per heavy atom. The maximum Gasteiger partial charge on any atom is 0.261 e. The topological polar surface area (TPSA) is 97.0 Å². The quantitative estimate of drug-likeness (QED) is 0.409. The van der Waals surface area contributed by atoms with E-state index in [1.807, 2.05) is 46.8 Å². The van der Waals surface area contributed by atoms with Gasteiger partial charge in [-0.3, -0.25) is 19.3 Å². The summed E-state index contributed by atoms with van der Waals surface area (Å²) >= 11 is 1.29. The molecule has 0 spiro atoms. The molecular weight excluding hydrogens is 502 g/mol. The lowest BCUT2D eigenvalue weighted by Crippen LogP contribution is -2.51. The van der Waals surface area contributed by atoms with E-state index >= 15 is 0 Å². The molecule has 0 fully saturated rings. The van der Waals surface area contributed by atoms with Crippen molar-refractivity contribution in [2.24, 2.45) is 0 Å². The largest absolute Gasteiger partial charge is 0.493 e. The second-order valence-corrected chi connectivity index (χ2v) is 10.8. The van der Waals surface area contributed by atoms with E-state index in [1.165, 1.54) is 30.5 Å². The molecule has 2 aromatic carbocycles. The van der Waals surface area contributed by atoms with Crippen LogP contribution in [-0.4, -0.2) is 44.0 Å². The summed E-state index contributed by atoms with van der Waals surface area (Å²) in [5.41, 5.74) is 2.35. The second kappa shape index (κ2) is 12.1. The average Bonchev–Trinajstić information content (AvgIpc) is 3.41. The summed E-state index contributed by atoms with van der Waals surface area (Å²) in [6.07, 6.45) is 0. The van der Waals surface area contributed by atoms with Gasteiger partial charge >= 0.3 is 0 Å². The smallest absolute Gasteiger partial charge is 0.261 e. The van der Waals surface area contributed by atoms with Crippen LogP contribution in [0.4, 0.5) is 5.69 Å². The number of rotatable bonds is 9. The molecule has 0 saturated carbocycles. The molecule has 0 saturated heterocycles. The highest BCUT2D eigenvalue weighted by molar-refractivity contribution is 7.12. The van der Waals surface area contributed by atoms with Gasteiger partial charge in [0.2, 0.25) is 11.8 Å². The Bertz CT molecular complexity index is 1300. The molecule has 2 N–H and O–H groups in total. The van der Waals surface area contributed by atoms with Crippen LogP contribution in [-0.2, 0) is 9.59 Å². The van der Waals surface area contributed by atoms with Crippen LogP contribution in [0.5, 0.6) is 11.5 Å². The molecule has 0 aliphatic heterocycles. The van der Waals surface area contributed by atoms with Gasteiger partial charge in [-0.05, 0) is 81.0 Å². The zero-order valence-electron chi connectivity index (χ0n) is 22.9. The van der Waals surface area contributed by atoms with Crippen molar-refractivity contribution in [3.63, 3.8) is 0 Å². The Kier molecular flexibility index (Phi) is 9.17. The molecule has 0 aliphatic carbocycles. The number of carbonyl (C=O) groups excluding carboxylic acids is 3. The zero-order valence-corrected chi connectivity index (χ0v) is 23.7. The maximum absolute atomic E-state index is 13.9. The Morgan fingerprint density at radius 3 is 2.29 bits per heavy atom. The van der Waals surface area contributed by atoms with Crippen molar-refractivity contribution in [3.05, 3.63) is 75.5 Å². The predicted molar refractivity (Wildman–Crippen MR) is 150 cm³/mol. The van der Waals surface area contributed by atoms with Crippen molar-refractivity contribution in [2.45, 2.75) is 46.2 Å². The molecule has 38 heavy (non-hydrogen) atoms. The number of hydrogen-bond acceptors (Lipinski definition) is 6. The van der Waals surface area contributed by atoms with Gasteiger partial charge in [0.25, 0.3) is 5.91 Å². The molecule has 1 aromatic heterocycles. The Hall–Kier alpha value is -3.85. The van der Waals surface area contributed by atoms with Crippen LogP contribution in [0.1, 0.15) is 53.2 Å². The molecule has 0 aliphatic rings. The highest BCUT2D eigenvalue weighted by Gasteiger charge is 2.36. The minimum Gasteiger partial charge on any atom is -0.493 e. The fraction of sp³-hybridized carbons (Fsp3) is 0.345. The predicted octanol–water partition coefficient (Wildman–Crippen LogP) is 4.80. The number of carbonyl (C=O) groups is 3. The third-order valence-corrected chi connectivity index (χ3v) is 6.85. The summed E-state index contributed by atoms with van der Waals surface area (Å²) in [4.78, 5) is 42.4. The summed E-state index contributed by atoms with van der Waals surface area (Å²) in [7, 11) is 3.04. The van der Waals surface area contributed by atoms with Crippen LogP contribution < -0.4 is 25.0 Å². The van der Waals surface area contributed by atoms with E-state index in [9.17, 15) is 14.4 Å². The summed E-state index contributed by atoms with van der Waals surface area (Å²) in [5, 5.41) is 7.52. The number of aryl methyl sites for hydroxylation is 1. The van der Waals surface area contributed by atoms with Gasteiger partial charge in [0.05, 0.1) is 25.6 Å². The molecule has 1 heterocycles. The van der Waals surface area contributed by atoms with Gasteiger partial charge in [-0.1, -0.05) is 24.3 Å². The van der Waals surface area contributed by atoms with Gasteiger partial charge in [-0.2, -0.15) is 0 Å². The Labute approximate surface area is 228 Å². The van der Waals surface area contributed by atoms with E-state index in [4.69, 9.17) is 9.47 Å². The second-order valence-electron chi connectivity index (χ2n) is 9.90. The lowest BCUT2D eigenvalue weighted by atomic mass is 9.98. The first kappa shape index (κ1) is 28.7. The summed E-state index contributed by atoms with van der Waals surface area (Å²) in [6, 6.07) is 13.1. The van der Waals surface area contributed by atoms with E-state index in [-0.39, 0.29) is 18.4 Å². The minimum absolute atomic E-state index is 0.295. The van der Waals surface area contributed by atoms with Crippen molar-refractivity contribution < 1.29 is 23.9 Å². The normalized spacial score (nSPS) is 11.9. The van der Waals surface area contributed by atoms with Crippen LogP contribution >= 0.6 is 11.3 Å². The van der Waals surface area contributed by atoms with Crippen LogP contribution in [0, 0.1) is 13.8 Å². The van der Waals surface area contributed by atoms with Crippen molar-refractivity contribution in [3.8, 4) is 11.5 Å². The third-order valence-electron chi connectivity index (χ3n) is 5.98. The molecule has 0 unspecified atom stereocenters. The fourth-order valence-corrected chi connectivity index (χ4v) is 4.67. The van der Waals surface area contributed by atoms with Crippen molar-refractivity contribution in [2.75, 3.05) is 25.7 Å². The monoisotopic (exact) mass is 537 g/mol. The lowest BCUT2D eigenvalue weighted by molar-refractivity contribution is -0.127. The van der Waals surface area contributed by atoms with Gasteiger partial charge in [-0.15, -0.1) is 11.3 Å². The van der Waals surface area contributed by atoms with Gasteiger partial charge in [-0.25, -0.2) is 0 Å². The Balaban J connectivity index is 2.14. The van der Waals surface area contributed by atoms with Crippen LogP contribution in [0.2, 0.25) is 0 Å². The van der Waals surface area contributed by atoms with Gasteiger partial charge in [0.15, 0.2) is 11.5 Å². The van der Waals surface area contributed by atoms with Crippen LogP contribution in [0.15, 0.2) is 53.9 Å². The number of ether oxygens (including phenoxy) is 2. The number of anilines is 1. The molecule has 3 aromatic rings. The van der Waals surface area contributed by atoms with E-state index < -0.39 is 17.5 Å². The van der Waals surface area contributed by atoms with Gasteiger partial charge < -0.3 is 20.1 Å². The molecular formula is C29H35N3O5S. The molecule has 3 rings (SSSR count). The number of nitrogens with one attached hydrogen (secondary N) is 2. The number of hydrogen-bond donors (Lipinski definition) is 2. The molecule has 3 amide bonds. The number of nitrogens with zero attached hydrogens (tertiary/aromatic N) is 1. The first-order valence-corrected chi connectivity index (χ1v) is 13.1. The highest BCUT2D eigenvalue weighted by Crippen LogP contribution is 2.36. The van der Waals surface area contributed by atoms with Crippen molar-refractivity contribution in [1.29, 1.82) is 0 Å².